The van der Waals surface area contributed by atoms with Crippen molar-refractivity contribution in [2.24, 2.45) is 4.99 Å². The van der Waals surface area contributed by atoms with Crippen molar-refractivity contribution in [3.8, 4) is 0 Å². The number of hydrogen-bond acceptors (Lipinski definition) is 4. The number of amides is 1. The van der Waals surface area contributed by atoms with Crippen LogP contribution in [-0.4, -0.2) is 54.5 Å². The summed E-state index contributed by atoms with van der Waals surface area (Å²) >= 11 is 6.39. The average molecular weight is 338 g/mol. The van der Waals surface area contributed by atoms with E-state index in [4.69, 9.17) is 16.3 Å². The van der Waals surface area contributed by atoms with Crippen LogP contribution in [0.4, 0.5) is 4.79 Å². The molecule has 0 aromatic heterocycles. The third kappa shape index (κ3) is 4.61. The number of hydrogen-bond donors (Lipinski definition) is 0. The van der Waals surface area contributed by atoms with Crippen LogP contribution < -0.4 is 0 Å². The minimum absolute atomic E-state index is 0.363. The molecule has 0 bridgehead atoms. The van der Waals surface area contributed by atoms with E-state index in [-0.39, 0.29) is 6.09 Å². The molecule has 0 N–H and O–H groups in total. The lowest BCUT2D eigenvalue weighted by molar-refractivity contribution is 0.0285. The van der Waals surface area contributed by atoms with E-state index in [1.54, 1.807) is 7.05 Å². The van der Waals surface area contributed by atoms with Crippen LogP contribution in [0.1, 0.15) is 31.9 Å². The maximum atomic E-state index is 12.0. The van der Waals surface area contributed by atoms with E-state index in [1.807, 2.05) is 46.0 Å². The summed E-state index contributed by atoms with van der Waals surface area (Å²) in [5.41, 5.74) is 1.37. The van der Waals surface area contributed by atoms with E-state index < -0.39 is 5.60 Å². The first-order chi connectivity index (χ1) is 10.7. The van der Waals surface area contributed by atoms with Crippen LogP contribution in [0.15, 0.2) is 23.2 Å². The van der Waals surface area contributed by atoms with Crippen LogP contribution in [0.25, 0.3) is 0 Å². The standard InChI is InChI=1S/C17H24ClN3O2/c1-17(2,3)23-16(22)21(5)11-13-7-6-12(10-14(13)18)15-19-8-9-20(15)4/h6-7,10H,8-9,11H2,1-5H3. The summed E-state index contributed by atoms with van der Waals surface area (Å²) in [5, 5.41) is 0.626. The molecule has 1 aliphatic heterocycles. The quantitative estimate of drug-likeness (QED) is 0.849. The van der Waals surface area contributed by atoms with Gasteiger partial charge in [0.1, 0.15) is 11.4 Å². The van der Waals surface area contributed by atoms with Crippen LogP contribution in [0.5, 0.6) is 0 Å². The molecule has 6 heteroatoms. The Kier molecular flexibility index (Phi) is 5.19. The Balaban J connectivity index is 2.08. The first-order valence-corrected chi connectivity index (χ1v) is 8.03. The van der Waals surface area contributed by atoms with Crippen molar-refractivity contribution in [1.29, 1.82) is 0 Å². The number of ether oxygens (including phenoxy) is 1. The molecule has 1 aliphatic rings. The summed E-state index contributed by atoms with van der Waals surface area (Å²) in [6, 6.07) is 5.83. The number of nitrogens with zero attached hydrogens (tertiary/aromatic N) is 3. The van der Waals surface area contributed by atoms with Gasteiger partial charge < -0.3 is 14.5 Å². The van der Waals surface area contributed by atoms with E-state index in [2.05, 4.69) is 9.89 Å². The molecule has 1 heterocycles. The van der Waals surface area contributed by atoms with Crippen LogP contribution in [0.2, 0.25) is 5.02 Å². The molecule has 126 valence electrons. The zero-order valence-electron chi connectivity index (χ0n) is 14.4. The molecule has 0 saturated carbocycles. The van der Waals surface area contributed by atoms with Gasteiger partial charge in [0.15, 0.2) is 0 Å². The van der Waals surface area contributed by atoms with Crippen molar-refractivity contribution in [3.05, 3.63) is 34.3 Å². The van der Waals surface area contributed by atoms with Crippen molar-refractivity contribution >= 4 is 23.5 Å². The SMILES string of the molecule is CN(Cc1ccc(C2=NCCN2C)cc1Cl)C(=O)OC(C)(C)C. The van der Waals surface area contributed by atoms with Crippen LogP contribution in [-0.2, 0) is 11.3 Å². The lowest BCUT2D eigenvalue weighted by Gasteiger charge is -2.25. The highest BCUT2D eigenvalue weighted by atomic mass is 35.5. The Morgan fingerprint density at radius 3 is 2.65 bits per heavy atom. The summed E-state index contributed by atoms with van der Waals surface area (Å²) in [7, 11) is 3.72. The molecular weight excluding hydrogens is 314 g/mol. The van der Waals surface area contributed by atoms with Gasteiger partial charge in [-0.2, -0.15) is 0 Å². The van der Waals surface area contributed by atoms with Crippen LogP contribution in [0, 0.1) is 0 Å². The fourth-order valence-corrected chi connectivity index (χ4v) is 2.56. The summed E-state index contributed by atoms with van der Waals surface area (Å²) < 4.78 is 5.35. The number of likely N-dealkylation sites (N-methyl/N-ethyl adjacent to an activating group) is 1. The average Bonchev–Trinajstić information content (AvgIpc) is 2.85. The van der Waals surface area contributed by atoms with Gasteiger partial charge in [-0.3, -0.25) is 4.99 Å². The van der Waals surface area contributed by atoms with Gasteiger partial charge in [-0.25, -0.2) is 4.79 Å². The minimum Gasteiger partial charge on any atom is -0.444 e. The number of benzene rings is 1. The molecule has 1 aromatic carbocycles. The molecule has 0 radical (unpaired) electrons. The van der Waals surface area contributed by atoms with Crippen molar-refractivity contribution in [1.82, 2.24) is 9.80 Å². The highest BCUT2D eigenvalue weighted by molar-refractivity contribution is 6.31. The van der Waals surface area contributed by atoms with Crippen molar-refractivity contribution in [2.75, 3.05) is 27.2 Å². The molecule has 1 aromatic rings. The first kappa shape index (κ1) is 17.6. The minimum atomic E-state index is -0.510. The molecule has 2 rings (SSSR count). The van der Waals surface area contributed by atoms with Gasteiger partial charge in [0.25, 0.3) is 0 Å². The lowest BCUT2D eigenvalue weighted by Crippen LogP contribution is -2.33. The number of carbonyl (C=O) groups excluding carboxylic acids is 1. The van der Waals surface area contributed by atoms with E-state index in [0.717, 1.165) is 30.1 Å². The van der Waals surface area contributed by atoms with Crippen LogP contribution >= 0.6 is 11.6 Å². The third-order valence-corrected chi connectivity index (χ3v) is 3.83. The van der Waals surface area contributed by atoms with Crippen molar-refractivity contribution < 1.29 is 9.53 Å². The van der Waals surface area contributed by atoms with Gasteiger partial charge in [0, 0.05) is 31.2 Å². The summed E-state index contributed by atoms with van der Waals surface area (Å²) in [5.74, 6) is 0.957. The summed E-state index contributed by atoms with van der Waals surface area (Å²) in [6.45, 7) is 7.68. The number of halogens is 1. The smallest absolute Gasteiger partial charge is 0.410 e. The molecule has 0 saturated heterocycles. The van der Waals surface area contributed by atoms with Gasteiger partial charge in [-0.15, -0.1) is 0 Å². The Morgan fingerprint density at radius 1 is 1.43 bits per heavy atom. The number of amidine groups is 1. The highest BCUT2D eigenvalue weighted by Crippen LogP contribution is 2.22. The summed E-state index contributed by atoms with van der Waals surface area (Å²) in [4.78, 5) is 20.1. The predicted octanol–water partition coefficient (Wildman–Crippen LogP) is 3.40. The largest absolute Gasteiger partial charge is 0.444 e. The first-order valence-electron chi connectivity index (χ1n) is 7.66. The van der Waals surface area contributed by atoms with Gasteiger partial charge >= 0.3 is 6.09 Å². The maximum absolute atomic E-state index is 12.0. The van der Waals surface area contributed by atoms with Crippen molar-refractivity contribution in [3.63, 3.8) is 0 Å². The van der Waals surface area contributed by atoms with Gasteiger partial charge in [0.2, 0.25) is 0 Å². The maximum Gasteiger partial charge on any atom is 0.410 e. The fraction of sp³-hybridized carbons (Fsp3) is 0.529. The van der Waals surface area contributed by atoms with Crippen molar-refractivity contribution in [2.45, 2.75) is 32.9 Å². The monoisotopic (exact) mass is 337 g/mol. The number of rotatable bonds is 3. The highest BCUT2D eigenvalue weighted by Gasteiger charge is 2.21. The number of carbonyl (C=O) groups is 1. The summed E-state index contributed by atoms with van der Waals surface area (Å²) in [6.07, 6.45) is -0.363. The van der Waals surface area contributed by atoms with E-state index >= 15 is 0 Å². The molecule has 1 amide bonds. The second-order valence-corrected chi connectivity index (χ2v) is 7.18. The molecule has 5 nitrogen and oxygen atoms in total. The van der Waals surface area contributed by atoms with Gasteiger partial charge in [-0.05, 0) is 32.4 Å². The third-order valence-electron chi connectivity index (χ3n) is 3.48. The Hall–Kier alpha value is -1.75. The zero-order chi connectivity index (χ0) is 17.2. The van der Waals surface area contributed by atoms with Gasteiger partial charge in [-0.1, -0.05) is 23.7 Å². The molecule has 0 fully saturated rings. The van der Waals surface area contributed by atoms with E-state index in [1.165, 1.54) is 4.90 Å². The van der Waals surface area contributed by atoms with Crippen LogP contribution in [0.3, 0.4) is 0 Å². The second-order valence-electron chi connectivity index (χ2n) is 6.77. The number of aliphatic imine (C=N–C) groups is 1. The van der Waals surface area contributed by atoms with E-state index in [0.29, 0.717) is 11.6 Å². The Bertz CT molecular complexity index is 623. The van der Waals surface area contributed by atoms with Gasteiger partial charge in [0.05, 0.1) is 13.1 Å². The van der Waals surface area contributed by atoms with E-state index in [9.17, 15) is 4.79 Å². The fourth-order valence-electron chi connectivity index (χ4n) is 2.32. The molecule has 23 heavy (non-hydrogen) atoms. The molecular formula is C17H24ClN3O2. The second kappa shape index (κ2) is 6.79. The molecule has 0 atom stereocenters. The topological polar surface area (TPSA) is 45.1 Å². The normalized spacial score (nSPS) is 14.7. The molecule has 0 spiro atoms. The Labute approximate surface area is 142 Å². The molecule has 0 unspecified atom stereocenters. The lowest BCUT2D eigenvalue weighted by atomic mass is 10.1. The zero-order valence-corrected chi connectivity index (χ0v) is 15.1. The Morgan fingerprint density at radius 2 is 2.13 bits per heavy atom. The predicted molar refractivity (Wildman–Crippen MR) is 93.2 cm³/mol. The molecule has 0 aliphatic carbocycles.